The molecule has 0 aliphatic rings. The van der Waals surface area contributed by atoms with Crippen molar-refractivity contribution in [1.82, 2.24) is 29.7 Å². The van der Waals surface area contributed by atoms with E-state index in [1.807, 2.05) is 50.2 Å². The number of carbonyl (C=O) groups is 1. The first-order valence-electron chi connectivity index (χ1n) is 12.3. The molecule has 2 heterocycles. The van der Waals surface area contributed by atoms with E-state index in [9.17, 15) is 14.9 Å². The predicted octanol–water partition coefficient (Wildman–Crippen LogP) is 2.91. The van der Waals surface area contributed by atoms with Crippen molar-refractivity contribution in [2.75, 3.05) is 12.8 Å². The van der Waals surface area contributed by atoms with Crippen LogP contribution in [0.3, 0.4) is 0 Å². The number of hydrogen-bond acceptors (Lipinski definition) is 8. The fraction of sp³-hybridized carbons (Fsp3) is 0.250. The molecule has 4 aromatic rings. The lowest BCUT2D eigenvalue weighted by atomic mass is 10.0. The molecule has 1 atom stereocenters. The lowest BCUT2D eigenvalue weighted by Gasteiger charge is -2.20. The summed E-state index contributed by atoms with van der Waals surface area (Å²) in [7, 11) is 1.74. The molecule has 0 aliphatic carbocycles. The Morgan fingerprint density at radius 2 is 1.82 bits per heavy atom. The number of benzene rings is 2. The molecule has 0 saturated carbocycles. The summed E-state index contributed by atoms with van der Waals surface area (Å²) in [6.45, 7) is 5.53. The average Bonchev–Trinajstić information content (AvgIpc) is 3.20. The molecule has 0 spiro atoms. The summed E-state index contributed by atoms with van der Waals surface area (Å²) in [4.78, 5) is 34.8. The topological polar surface area (TPSA) is 153 Å². The Bertz CT molecular complexity index is 1610. The van der Waals surface area contributed by atoms with Gasteiger partial charge >= 0.3 is 5.69 Å². The van der Waals surface area contributed by atoms with E-state index >= 15 is 0 Å². The minimum atomic E-state index is -0.549. The number of ether oxygens (including phenoxy) is 1. The Kier molecular flexibility index (Phi) is 7.78. The van der Waals surface area contributed by atoms with Crippen LogP contribution in [0.25, 0.3) is 16.9 Å². The molecule has 200 valence electrons. The predicted molar refractivity (Wildman–Crippen MR) is 148 cm³/mol. The van der Waals surface area contributed by atoms with Gasteiger partial charge in [-0.25, -0.2) is 14.8 Å². The molecule has 0 unspecified atom stereocenters. The normalized spacial score (nSPS) is 12.6. The van der Waals surface area contributed by atoms with Crippen molar-refractivity contribution in [3.63, 3.8) is 0 Å². The molecule has 4 rings (SSSR count). The number of nitriles is 1. The fourth-order valence-electron chi connectivity index (χ4n) is 4.00. The lowest BCUT2D eigenvalue weighted by Crippen LogP contribution is -2.40. The number of carbonyl (C=O) groups excluding carboxylic acids is 1. The van der Waals surface area contributed by atoms with Gasteiger partial charge in [-0.3, -0.25) is 13.9 Å². The van der Waals surface area contributed by atoms with E-state index in [1.54, 1.807) is 44.3 Å². The molecule has 4 N–H and O–H groups in total. The zero-order chi connectivity index (χ0) is 28.2. The van der Waals surface area contributed by atoms with Crippen molar-refractivity contribution < 1.29 is 9.53 Å². The molecule has 0 radical (unpaired) electrons. The van der Waals surface area contributed by atoms with E-state index in [-0.39, 0.29) is 17.9 Å². The molecule has 0 saturated heterocycles. The monoisotopic (exact) mass is 526 g/mol. The lowest BCUT2D eigenvalue weighted by molar-refractivity contribution is -0.117. The first-order valence-corrected chi connectivity index (χ1v) is 12.3. The summed E-state index contributed by atoms with van der Waals surface area (Å²) < 4.78 is 8.72. The number of para-hydroxylation sites is 1. The van der Waals surface area contributed by atoms with Gasteiger partial charge in [-0.15, -0.1) is 0 Å². The minimum absolute atomic E-state index is 0.0274. The van der Waals surface area contributed by atoms with Crippen LogP contribution in [-0.2, 0) is 11.3 Å². The van der Waals surface area contributed by atoms with Gasteiger partial charge in [0.25, 0.3) is 5.91 Å². The van der Waals surface area contributed by atoms with Crippen LogP contribution in [0.2, 0.25) is 0 Å². The number of nitrogens with one attached hydrogen (secondary N) is 2. The van der Waals surface area contributed by atoms with Crippen molar-refractivity contribution in [1.29, 1.82) is 5.26 Å². The first kappa shape index (κ1) is 27.1. The van der Waals surface area contributed by atoms with Gasteiger partial charge in [0.15, 0.2) is 11.5 Å². The van der Waals surface area contributed by atoms with Crippen LogP contribution >= 0.6 is 0 Å². The van der Waals surface area contributed by atoms with Gasteiger partial charge in [-0.2, -0.15) is 5.26 Å². The van der Waals surface area contributed by atoms with E-state index in [1.165, 1.54) is 15.5 Å². The van der Waals surface area contributed by atoms with Gasteiger partial charge in [-0.05, 0) is 70.3 Å². The van der Waals surface area contributed by atoms with Crippen LogP contribution in [0, 0.1) is 11.3 Å². The molecule has 11 heteroatoms. The number of anilines is 1. The average molecular weight is 527 g/mol. The summed E-state index contributed by atoms with van der Waals surface area (Å²) in [6, 6.07) is 17.8. The van der Waals surface area contributed by atoms with E-state index in [0.717, 1.165) is 0 Å². The third kappa shape index (κ3) is 5.97. The number of fused-ring (bicyclic) bond motifs is 1. The number of imidazole rings is 1. The first-order chi connectivity index (χ1) is 18.6. The quantitative estimate of drug-likeness (QED) is 0.222. The molecule has 0 fully saturated rings. The summed E-state index contributed by atoms with van der Waals surface area (Å²) >= 11 is 0. The third-order valence-corrected chi connectivity index (χ3v) is 6.16. The molecule has 1 amide bonds. The number of hydrogen-bond donors (Lipinski definition) is 3. The summed E-state index contributed by atoms with van der Waals surface area (Å²) in [5, 5.41) is 15.3. The molecule has 11 nitrogen and oxygen atoms in total. The Morgan fingerprint density at radius 1 is 1.15 bits per heavy atom. The maximum atomic E-state index is 13.6. The van der Waals surface area contributed by atoms with Gasteiger partial charge in [0.05, 0.1) is 5.69 Å². The van der Waals surface area contributed by atoms with Crippen LogP contribution in [0.1, 0.15) is 20.8 Å². The number of likely N-dealkylation sites (N-methyl/N-ethyl adjacent to an activating group) is 1. The Morgan fingerprint density at radius 3 is 2.46 bits per heavy atom. The molecular weight excluding hydrogens is 496 g/mol. The van der Waals surface area contributed by atoms with Gasteiger partial charge in [0, 0.05) is 18.1 Å². The fourth-order valence-corrected chi connectivity index (χ4v) is 4.00. The maximum Gasteiger partial charge on any atom is 0.335 e. The highest BCUT2D eigenvalue weighted by molar-refractivity contribution is 5.97. The third-order valence-electron chi connectivity index (χ3n) is 6.16. The van der Waals surface area contributed by atoms with Crippen molar-refractivity contribution >= 4 is 22.9 Å². The van der Waals surface area contributed by atoms with Gasteiger partial charge in [0.1, 0.15) is 35.0 Å². The van der Waals surface area contributed by atoms with Crippen LogP contribution in [-0.4, -0.2) is 43.6 Å². The minimum Gasteiger partial charge on any atom is -0.457 e. The summed E-state index contributed by atoms with van der Waals surface area (Å²) in [6.07, 6.45) is 2.85. The summed E-state index contributed by atoms with van der Waals surface area (Å²) in [5.74, 6) is 0.899. The van der Waals surface area contributed by atoms with Crippen LogP contribution in [0.4, 0.5) is 5.82 Å². The number of nitrogens with zero attached hydrogens (tertiary/aromatic N) is 5. The zero-order valence-electron chi connectivity index (χ0n) is 22.2. The van der Waals surface area contributed by atoms with Crippen LogP contribution in [0.15, 0.2) is 77.4 Å². The van der Waals surface area contributed by atoms with E-state index in [2.05, 4.69) is 20.6 Å². The Balaban J connectivity index is 1.64. The van der Waals surface area contributed by atoms with E-state index in [4.69, 9.17) is 10.5 Å². The highest BCUT2D eigenvalue weighted by atomic mass is 16.5. The second-order valence-corrected chi connectivity index (χ2v) is 9.58. The zero-order valence-corrected chi connectivity index (χ0v) is 22.2. The molecule has 0 bridgehead atoms. The van der Waals surface area contributed by atoms with Crippen molar-refractivity contribution in [2.45, 2.75) is 38.9 Å². The van der Waals surface area contributed by atoms with E-state index in [0.29, 0.717) is 28.4 Å². The van der Waals surface area contributed by atoms with E-state index < -0.39 is 23.2 Å². The van der Waals surface area contributed by atoms with Crippen LogP contribution < -0.4 is 26.8 Å². The smallest absolute Gasteiger partial charge is 0.335 e. The largest absolute Gasteiger partial charge is 0.457 e. The highest BCUT2D eigenvalue weighted by Gasteiger charge is 2.22. The number of rotatable bonds is 9. The number of nitrogens with two attached hydrogens (primary N) is 1. The number of aromatic nitrogens is 4. The molecule has 2 aromatic carbocycles. The summed E-state index contributed by atoms with van der Waals surface area (Å²) in [5.41, 5.74) is 6.43. The SMILES string of the molecule is CNC(C)(C)C=C(C#N)C(=O)N[C@@H](C)Cn1c(=O)n(-c2ccc(Oc3ccccc3)cc2)c2c(N)ncnc21. The molecule has 39 heavy (non-hydrogen) atoms. The van der Waals surface area contributed by atoms with Crippen LogP contribution in [0.5, 0.6) is 11.5 Å². The van der Waals surface area contributed by atoms with Gasteiger partial charge in [0.2, 0.25) is 0 Å². The second kappa shape index (κ2) is 11.2. The Labute approximate surface area is 225 Å². The Hall–Kier alpha value is -4.95. The standard InChI is InChI=1S/C28H30N8O3/c1-18(34-26(37)19(15-29)14-28(2,3)31-4)16-35-25-23(24(30)32-17-33-25)36(27(35)38)20-10-12-22(13-11-20)39-21-8-6-5-7-9-21/h5-14,17-18,31H,16H2,1-4H3,(H,34,37)(H2,30,32,33)/t18-/m0/s1. The molecular formula is C28H30N8O3. The van der Waals surface area contributed by atoms with Gasteiger partial charge < -0.3 is 21.1 Å². The molecule has 2 aromatic heterocycles. The van der Waals surface area contributed by atoms with Crippen molar-refractivity contribution in [2.24, 2.45) is 0 Å². The highest BCUT2D eigenvalue weighted by Crippen LogP contribution is 2.25. The van der Waals surface area contributed by atoms with Gasteiger partial charge in [-0.1, -0.05) is 18.2 Å². The maximum absolute atomic E-state index is 13.6. The number of nitrogen functional groups attached to an aromatic ring is 1. The van der Waals surface area contributed by atoms with Crippen molar-refractivity contribution in [3.05, 3.63) is 83.1 Å². The van der Waals surface area contributed by atoms with Crippen molar-refractivity contribution in [3.8, 4) is 23.3 Å². The second-order valence-electron chi connectivity index (χ2n) is 9.58. The molecule has 0 aliphatic heterocycles. The number of amides is 1.